The molecule has 0 atom stereocenters. The van der Waals surface area contributed by atoms with Crippen molar-refractivity contribution >= 4 is 27.8 Å². The molecule has 0 amide bonds. The fourth-order valence-electron chi connectivity index (χ4n) is 3.93. The number of aryl methyl sites for hydroxylation is 1. The van der Waals surface area contributed by atoms with Gasteiger partial charge in [-0.1, -0.05) is 24.3 Å². The highest BCUT2D eigenvalue weighted by Crippen LogP contribution is 2.39. The second kappa shape index (κ2) is 5.58. The average molecular weight is 358 g/mol. The van der Waals surface area contributed by atoms with Gasteiger partial charge in [-0.25, -0.2) is 4.79 Å². The number of carboxylic acids is 1. The Hall–Kier alpha value is -3.34. The number of nitrogens with zero attached hydrogens (tertiary/aromatic N) is 1. The summed E-state index contributed by atoms with van der Waals surface area (Å²) in [7, 11) is 0. The Morgan fingerprint density at radius 2 is 1.96 bits per heavy atom. The van der Waals surface area contributed by atoms with Crippen molar-refractivity contribution in [3.63, 3.8) is 0 Å². The lowest BCUT2D eigenvalue weighted by Crippen LogP contribution is -2.19. The molecule has 0 radical (unpaired) electrons. The lowest BCUT2D eigenvalue weighted by molar-refractivity contribution is 0.0695. The average Bonchev–Trinajstić information content (AvgIpc) is 3.40. The van der Waals surface area contributed by atoms with E-state index in [9.17, 15) is 14.7 Å². The number of benzene rings is 2. The van der Waals surface area contributed by atoms with Gasteiger partial charge >= 0.3 is 5.97 Å². The standard InChI is InChI=1S/C22H18N2O3/c1-12-15(19-10-13-4-2-3-5-18(13)23-19)8-9-16-20(12)24(14-6-7-14)11-17(21(16)25)22(26)27/h2-5,8-11,14,23H,6-7H2,1H3,(H,26,27). The molecule has 0 spiro atoms. The highest BCUT2D eigenvalue weighted by atomic mass is 16.4. The maximum atomic E-state index is 12.7. The zero-order chi connectivity index (χ0) is 18.7. The van der Waals surface area contributed by atoms with Gasteiger partial charge < -0.3 is 14.7 Å². The van der Waals surface area contributed by atoms with Crippen molar-refractivity contribution in [2.24, 2.45) is 0 Å². The number of hydrogen-bond donors (Lipinski definition) is 2. The molecule has 0 bridgehead atoms. The number of aromatic nitrogens is 2. The van der Waals surface area contributed by atoms with Crippen LogP contribution in [0.25, 0.3) is 33.1 Å². The van der Waals surface area contributed by atoms with Gasteiger partial charge in [-0.05, 0) is 43.5 Å². The summed E-state index contributed by atoms with van der Waals surface area (Å²) in [6.45, 7) is 2.00. The number of aromatic carboxylic acids is 1. The topological polar surface area (TPSA) is 75.1 Å². The molecule has 27 heavy (non-hydrogen) atoms. The fraction of sp³-hybridized carbons (Fsp3) is 0.182. The molecule has 1 fully saturated rings. The van der Waals surface area contributed by atoms with E-state index in [0.717, 1.165) is 46.1 Å². The molecule has 5 heteroatoms. The zero-order valence-electron chi connectivity index (χ0n) is 14.8. The summed E-state index contributed by atoms with van der Waals surface area (Å²) in [6.07, 6.45) is 3.53. The SMILES string of the molecule is Cc1c(-c2cc3ccccc3[nH]2)ccc2c(=O)c(C(=O)O)cn(C3CC3)c12. The molecular weight excluding hydrogens is 340 g/mol. The van der Waals surface area contributed by atoms with Gasteiger partial charge in [0.25, 0.3) is 0 Å². The number of nitrogens with one attached hydrogen (secondary N) is 1. The monoisotopic (exact) mass is 358 g/mol. The first-order valence-electron chi connectivity index (χ1n) is 9.04. The number of rotatable bonds is 3. The zero-order valence-corrected chi connectivity index (χ0v) is 14.8. The first-order valence-corrected chi connectivity index (χ1v) is 9.04. The normalized spacial score (nSPS) is 14.1. The van der Waals surface area contributed by atoms with Gasteiger partial charge in [0.1, 0.15) is 5.56 Å². The Morgan fingerprint density at radius 1 is 1.19 bits per heavy atom. The van der Waals surface area contributed by atoms with Crippen molar-refractivity contribution in [1.82, 2.24) is 9.55 Å². The summed E-state index contributed by atoms with van der Waals surface area (Å²) in [5.74, 6) is -1.17. The molecule has 5 rings (SSSR count). The molecule has 4 aromatic rings. The van der Waals surface area contributed by atoms with E-state index in [1.54, 1.807) is 6.07 Å². The molecular formula is C22H18N2O3. The third kappa shape index (κ3) is 2.39. The van der Waals surface area contributed by atoms with Crippen LogP contribution in [0.15, 0.2) is 53.5 Å². The molecule has 2 aromatic heterocycles. The number of H-pyrrole nitrogens is 1. The summed E-state index contributed by atoms with van der Waals surface area (Å²) in [6, 6.07) is 14.1. The number of carboxylic acid groups (broad SMARTS) is 1. The molecule has 2 aromatic carbocycles. The first kappa shape index (κ1) is 15.9. The van der Waals surface area contributed by atoms with Crippen LogP contribution in [0.1, 0.15) is 34.8 Å². The van der Waals surface area contributed by atoms with Gasteiger partial charge in [-0.15, -0.1) is 0 Å². The highest BCUT2D eigenvalue weighted by molar-refractivity contribution is 5.96. The molecule has 2 heterocycles. The van der Waals surface area contributed by atoms with Gasteiger partial charge in [-0.2, -0.15) is 0 Å². The van der Waals surface area contributed by atoms with Crippen molar-refractivity contribution in [3.05, 3.63) is 70.0 Å². The van der Waals surface area contributed by atoms with Crippen LogP contribution >= 0.6 is 0 Å². The van der Waals surface area contributed by atoms with Crippen LogP contribution in [0.4, 0.5) is 0 Å². The van der Waals surface area contributed by atoms with Crippen molar-refractivity contribution in [3.8, 4) is 11.3 Å². The number of pyridine rings is 1. The Morgan fingerprint density at radius 3 is 2.67 bits per heavy atom. The molecule has 0 aliphatic heterocycles. The van der Waals surface area contributed by atoms with Gasteiger partial charge in [0.05, 0.1) is 5.52 Å². The van der Waals surface area contributed by atoms with Gasteiger partial charge in [-0.3, -0.25) is 4.79 Å². The smallest absolute Gasteiger partial charge is 0.341 e. The number of hydrogen-bond acceptors (Lipinski definition) is 2. The maximum Gasteiger partial charge on any atom is 0.341 e. The Balaban J connectivity index is 1.82. The van der Waals surface area contributed by atoms with Crippen molar-refractivity contribution in [2.75, 3.05) is 0 Å². The van der Waals surface area contributed by atoms with Crippen molar-refractivity contribution in [1.29, 1.82) is 0 Å². The predicted octanol–water partition coefficient (Wildman–Crippen LogP) is 4.49. The summed E-state index contributed by atoms with van der Waals surface area (Å²) < 4.78 is 1.99. The quantitative estimate of drug-likeness (QED) is 0.566. The lowest BCUT2D eigenvalue weighted by atomic mass is 10.00. The highest BCUT2D eigenvalue weighted by Gasteiger charge is 2.28. The van der Waals surface area contributed by atoms with Crippen LogP contribution in [0.3, 0.4) is 0 Å². The van der Waals surface area contributed by atoms with Crippen molar-refractivity contribution in [2.45, 2.75) is 25.8 Å². The third-order valence-corrected chi connectivity index (χ3v) is 5.44. The van der Waals surface area contributed by atoms with Gasteiger partial charge in [0, 0.05) is 39.8 Å². The summed E-state index contributed by atoms with van der Waals surface area (Å²) in [4.78, 5) is 27.7. The third-order valence-electron chi connectivity index (χ3n) is 5.44. The van der Waals surface area contributed by atoms with Crippen LogP contribution in [0, 0.1) is 6.92 Å². The van der Waals surface area contributed by atoms with E-state index < -0.39 is 11.4 Å². The minimum Gasteiger partial charge on any atom is -0.477 e. The van der Waals surface area contributed by atoms with Crippen LogP contribution < -0.4 is 5.43 Å². The van der Waals surface area contributed by atoms with E-state index in [1.165, 1.54) is 6.20 Å². The molecule has 1 saturated carbocycles. The van der Waals surface area contributed by atoms with E-state index >= 15 is 0 Å². The van der Waals surface area contributed by atoms with Crippen LogP contribution in [0.5, 0.6) is 0 Å². The summed E-state index contributed by atoms with van der Waals surface area (Å²) in [5, 5.41) is 11.0. The van der Waals surface area contributed by atoms with Gasteiger partial charge in [0.15, 0.2) is 0 Å². The molecule has 134 valence electrons. The molecule has 0 saturated heterocycles. The first-order chi connectivity index (χ1) is 13.0. The molecule has 0 unspecified atom stereocenters. The van der Waals surface area contributed by atoms with Crippen LogP contribution in [-0.4, -0.2) is 20.6 Å². The lowest BCUT2D eigenvalue weighted by Gasteiger charge is -2.16. The van der Waals surface area contributed by atoms with Gasteiger partial charge in [0.2, 0.25) is 5.43 Å². The van der Waals surface area contributed by atoms with E-state index in [0.29, 0.717) is 5.39 Å². The van der Waals surface area contributed by atoms with Crippen LogP contribution in [0.2, 0.25) is 0 Å². The minimum atomic E-state index is -1.17. The maximum absolute atomic E-state index is 12.7. The van der Waals surface area contributed by atoms with Crippen molar-refractivity contribution < 1.29 is 9.90 Å². The van der Waals surface area contributed by atoms with E-state index in [1.807, 2.05) is 35.8 Å². The molecule has 2 N–H and O–H groups in total. The number of aromatic amines is 1. The minimum absolute atomic E-state index is 0.160. The second-order valence-electron chi connectivity index (χ2n) is 7.22. The number of carbonyl (C=O) groups is 1. The summed E-state index contributed by atoms with van der Waals surface area (Å²) in [5.41, 5.74) is 4.33. The molecule has 1 aliphatic rings. The van der Waals surface area contributed by atoms with E-state index in [4.69, 9.17) is 0 Å². The largest absolute Gasteiger partial charge is 0.477 e. The Labute approximate surface area is 154 Å². The predicted molar refractivity (Wildman–Crippen MR) is 105 cm³/mol. The second-order valence-corrected chi connectivity index (χ2v) is 7.22. The fourth-order valence-corrected chi connectivity index (χ4v) is 3.93. The van der Waals surface area contributed by atoms with E-state index in [-0.39, 0.29) is 11.6 Å². The van der Waals surface area contributed by atoms with E-state index in [2.05, 4.69) is 17.1 Å². The molecule has 1 aliphatic carbocycles. The number of fused-ring (bicyclic) bond motifs is 2. The summed E-state index contributed by atoms with van der Waals surface area (Å²) >= 11 is 0. The Kier molecular flexibility index (Phi) is 3.28. The number of para-hydroxylation sites is 1. The Bertz CT molecular complexity index is 1260. The van der Waals surface area contributed by atoms with Crippen LogP contribution in [-0.2, 0) is 0 Å². The molecule has 5 nitrogen and oxygen atoms in total.